The molecule has 3 heterocycles. The maximum atomic E-state index is 13.0. The van der Waals surface area contributed by atoms with E-state index in [4.69, 9.17) is 14.7 Å². The summed E-state index contributed by atoms with van der Waals surface area (Å²) in [5, 5.41) is 0. The number of nitrogens with zero attached hydrogens (tertiary/aromatic N) is 4. The number of rotatable bonds is 5. The normalized spacial score (nSPS) is 19.5. The van der Waals surface area contributed by atoms with Crippen molar-refractivity contribution in [3.05, 3.63) is 41.6 Å². The molecule has 3 aliphatic rings. The number of ether oxygens (including phenoxy) is 1. The van der Waals surface area contributed by atoms with E-state index in [9.17, 15) is 4.79 Å². The molecular weight excluding hydrogens is 388 g/mol. The molecule has 2 aliphatic heterocycles. The lowest BCUT2D eigenvalue weighted by molar-refractivity contribution is -0.132. The molecular formula is C25H32N4O2. The van der Waals surface area contributed by atoms with E-state index in [2.05, 4.69) is 17.0 Å². The molecule has 2 fully saturated rings. The average molecular weight is 421 g/mol. The van der Waals surface area contributed by atoms with Crippen molar-refractivity contribution in [1.29, 1.82) is 0 Å². The monoisotopic (exact) mass is 420 g/mol. The maximum absolute atomic E-state index is 13.0. The van der Waals surface area contributed by atoms with Crippen LogP contribution in [-0.4, -0.2) is 53.6 Å². The fraction of sp³-hybridized carbons (Fsp3) is 0.560. The lowest BCUT2D eigenvalue weighted by Gasteiger charge is -2.34. The molecule has 1 saturated carbocycles. The zero-order valence-electron chi connectivity index (χ0n) is 18.3. The van der Waals surface area contributed by atoms with E-state index in [-0.39, 0.29) is 5.91 Å². The first-order valence-corrected chi connectivity index (χ1v) is 11.8. The molecule has 1 aliphatic carbocycles. The number of anilines is 1. The van der Waals surface area contributed by atoms with Crippen LogP contribution in [0.25, 0.3) is 11.4 Å². The lowest BCUT2D eigenvalue weighted by Crippen LogP contribution is -2.41. The van der Waals surface area contributed by atoms with Gasteiger partial charge in [-0.15, -0.1) is 0 Å². The molecule has 0 radical (unpaired) electrons. The predicted molar refractivity (Wildman–Crippen MR) is 121 cm³/mol. The van der Waals surface area contributed by atoms with Gasteiger partial charge in [-0.05, 0) is 12.3 Å². The van der Waals surface area contributed by atoms with E-state index in [1.54, 1.807) is 0 Å². The predicted octanol–water partition coefficient (Wildman–Crippen LogP) is 3.84. The zero-order chi connectivity index (χ0) is 21.0. The number of carbonyl (C=O) groups is 1. The minimum Gasteiger partial charge on any atom is -0.378 e. The van der Waals surface area contributed by atoms with E-state index < -0.39 is 0 Å². The third-order valence-electron chi connectivity index (χ3n) is 6.97. The molecule has 0 spiro atoms. The topological polar surface area (TPSA) is 58.6 Å². The first kappa shape index (κ1) is 20.4. The molecule has 2 aromatic rings. The Morgan fingerprint density at radius 1 is 1.03 bits per heavy atom. The zero-order valence-corrected chi connectivity index (χ0v) is 18.3. The second-order valence-corrected chi connectivity index (χ2v) is 9.02. The molecule has 0 unspecified atom stereocenters. The molecule has 5 rings (SSSR count). The number of morpholine rings is 1. The smallest absolute Gasteiger partial charge is 0.222 e. The van der Waals surface area contributed by atoms with Gasteiger partial charge in [-0.25, -0.2) is 9.97 Å². The van der Waals surface area contributed by atoms with Gasteiger partial charge in [-0.3, -0.25) is 4.79 Å². The van der Waals surface area contributed by atoms with Gasteiger partial charge in [0.1, 0.15) is 5.82 Å². The molecule has 6 heteroatoms. The van der Waals surface area contributed by atoms with Gasteiger partial charge in [-0.2, -0.15) is 0 Å². The fourth-order valence-electron chi connectivity index (χ4n) is 5.15. The van der Waals surface area contributed by atoms with E-state index >= 15 is 0 Å². The summed E-state index contributed by atoms with van der Waals surface area (Å²) in [6, 6.07) is 10.2. The van der Waals surface area contributed by atoms with Crippen molar-refractivity contribution >= 4 is 11.7 Å². The summed E-state index contributed by atoms with van der Waals surface area (Å²) in [5.74, 6) is 2.81. The van der Waals surface area contributed by atoms with E-state index in [1.165, 1.54) is 25.7 Å². The van der Waals surface area contributed by atoms with Gasteiger partial charge in [0.15, 0.2) is 5.82 Å². The van der Waals surface area contributed by atoms with Gasteiger partial charge >= 0.3 is 0 Å². The minimum absolute atomic E-state index is 0.289. The Morgan fingerprint density at radius 3 is 2.58 bits per heavy atom. The first-order chi connectivity index (χ1) is 15.3. The van der Waals surface area contributed by atoms with Crippen LogP contribution in [0.3, 0.4) is 0 Å². The summed E-state index contributed by atoms with van der Waals surface area (Å²) in [6.45, 7) is 4.46. The summed E-state index contributed by atoms with van der Waals surface area (Å²) in [6.07, 6.45) is 7.78. The van der Waals surface area contributed by atoms with Crippen molar-refractivity contribution in [2.24, 2.45) is 5.92 Å². The number of hydrogen-bond donors (Lipinski definition) is 0. The van der Waals surface area contributed by atoms with Crippen molar-refractivity contribution in [3.63, 3.8) is 0 Å². The van der Waals surface area contributed by atoms with Crippen LogP contribution < -0.4 is 4.90 Å². The molecule has 31 heavy (non-hydrogen) atoms. The van der Waals surface area contributed by atoms with Crippen LogP contribution in [0.1, 0.15) is 49.8 Å². The van der Waals surface area contributed by atoms with Crippen molar-refractivity contribution in [2.45, 2.75) is 51.5 Å². The van der Waals surface area contributed by atoms with Gasteiger partial charge in [0, 0.05) is 43.6 Å². The van der Waals surface area contributed by atoms with Gasteiger partial charge in [-0.1, -0.05) is 56.0 Å². The third-order valence-corrected chi connectivity index (χ3v) is 6.97. The second-order valence-electron chi connectivity index (χ2n) is 9.02. The minimum atomic E-state index is 0.289. The largest absolute Gasteiger partial charge is 0.378 e. The molecule has 1 aromatic carbocycles. The number of fused-ring (bicyclic) bond motifs is 1. The van der Waals surface area contributed by atoms with E-state index in [0.717, 1.165) is 66.9 Å². The van der Waals surface area contributed by atoms with E-state index in [0.29, 0.717) is 26.2 Å². The highest BCUT2D eigenvalue weighted by atomic mass is 16.5. The quantitative estimate of drug-likeness (QED) is 0.736. The third kappa shape index (κ3) is 4.59. The van der Waals surface area contributed by atoms with Crippen LogP contribution in [0, 0.1) is 5.92 Å². The van der Waals surface area contributed by atoms with Crippen molar-refractivity contribution in [1.82, 2.24) is 14.9 Å². The Bertz CT molecular complexity index is 905. The molecule has 6 nitrogen and oxygen atoms in total. The average Bonchev–Trinajstić information content (AvgIpc) is 3.36. The number of aromatic nitrogens is 2. The number of benzene rings is 1. The summed E-state index contributed by atoms with van der Waals surface area (Å²) < 4.78 is 5.57. The van der Waals surface area contributed by atoms with Gasteiger partial charge in [0.2, 0.25) is 5.91 Å². The van der Waals surface area contributed by atoms with Crippen LogP contribution in [-0.2, 0) is 22.5 Å². The number of carbonyl (C=O) groups excluding carboxylic acids is 1. The van der Waals surface area contributed by atoms with Crippen LogP contribution in [0.2, 0.25) is 0 Å². The maximum Gasteiger partial charge on any atom is 0.222 e. The molecule has 1 saturated heterocycles. The van der Waals surface area contributed by atoms with Crippen LogP contribution in [0.15, 0.2) is 30.3 Å². The van der Waals surface area contributed by atoms with E-state index in [1.807, 2.05) is 23.1 Å². The fourth-order valence-corrected chi connectivity index (χ4v) is 5.15. The van der Waals surface area contributed by atoms with Gasteiger partial charge in [0.05, 0.1) is 25.5 Å². The first-order valence-electron chi connectivity index (χ1n) is 11.8. The second kappa shape index (κ2) is 9.35. The highest BCUT2D eigenvalue weighted by Gasteiger charge is 2.29. The van der Waals surface area contributed by atoms with Crippen molar-refractivity contribution in [3.8, 4) is 11.4 Å². The van der Waals surface area contributed by atoms with Gasteiger partial charge in [0.25, 0.3) is 0 Å². The molecule has 0 N–H and O–H groups in total. The Morgan fingerprint density at radius 2 is 1.81 bits per heavy atom. The molecule has 164 valence electrons. The summed E-state index contributed by atoms with van der Waals surface area (Å²) in [5.41, 5.74) is 3.26. The molecule has 0 bridgehead atoms. The highest BCUT2D eigenvalue weighted by molar-refractivity contribution is 5.77. The SMILES string of the molecule is O=C(CCC1CCCC1)N1CCc2nc(-c3ccccc3)nc(N3CCOCC3)c2C1. The molecule has 1 aromatic heterocycles. The molecule has 0 atom stereocenters. The Balaban J connectivity index is 1.39. The number of amides is 1. The lowest BCUT2D eigenvalue weighted by atomic mass is 10.00. The van der Waals surface area contributed by atoms with Crippen LogP contribution in [0.5, 0.6) is 0 Å². The summed E-state index contributed by atoms with van der Waals surface area (Å²) in [7, 11) is 0. The van der Waals surface area contributed by atoms with Crippen LogP contribution >= 0.6 is 0 Å². The Kier molecular flexibility index (Phi) is 6.16. The summed E-state index contributed by atoms with van der Waals surface area (Å²) in [4.78, 5) is 27.3. The number of hydrogen-bond acceptors (Lipinski definition) is 5. The summed E-state index contributed by atoms with van der Waals surface area (Å²) >= 11 is 0. The highest BCUT2D eigenvalue weighted by Crippen LogP contribution is 2.32. The standard InChI is InChI=1S/C25H32N4O2/c30-23(11-10-19-6-4-5-7-19)29-13-12-22-21(18-29)25(28-14-16-31-17-15-28)27-24(26-22)20-8-2-1-3-9-20/h1-3,8-9,19H,4-7,10-18H2. The van der Waals surface area contributed by atoms with Crippen LogP contribution in [0.4, 0.5) is 5.82 Å². The Labute approximate surface area is 184 Å². The molecule has 1 amide bonds. The van der Waals surface area contributed by atoms with Crippen molar-refractivity contribution in [2.75, 3.05) is 37.7 Å². The van der Waals surface area contributed by atoms with Gasteiger partial charge < -0.3 is 14.5 Å². The van der Waals surface area contributed by atoms with Crippen molar-refractivity contribution < 1.29 is 9.53 Å². The Hall–Kier alpha value is -2.47.